The third-order valence-electron chi connectivity index (χ3n) is 2.66. The number of anilines is 1. The van der Waals surface area contributed by atoms with Crippen molar-refractivity contribution in [1.29, 1.82) is 0 Å². The monoisotopic (exact) mass is 275 g/mol. The van der Waals surface area contributed by atoms with E-state index in [4.69, 9.17) is 0 Å². The summed E-state index contributed by atoms with van der Waals surface area (Å²) in [5, 5.41) is 3.05. The van der Waals surface area contributed by atoms with Crippen LogP contribution in [0.25, 0.3) is 0 Å². The van der Waals surface area contributed by atoms with Gasteiger partial charge in [-0.15, -0.1) is 0 Å². The number of benzene rings is 1. The molecule has 1 N–H and O–H groups in total. The van der Waals surface area contributed by atoms with Gasteiger partial charge in [-0.3, -0.25) is 4.98 Å². The van der Waals surface area contributed by atoms with Gasteiger partial charge in [0.1, 0.15) is 11.6 Å². The Bertz CT molecular complexity index is 587. The smallest absolute Gasteiger partial charge is 0.358 e. The maximum absolute atomic E-state index is 12.7. The molecule has 0 radical (unpaired) electrons. The first-order valence-corrected chi connectivity index (χ1v) is 6.07. The molecule has 1 aromatic carbocycles. The van der Waals surface area contributed by atoms with Crippen molar-refractivity contribution in [3.63, 3.8) is 0 Å². The first-order chi connectivity index (χ1) is 9.69. The lowest BCUT2D eigenvalue weighted by molar-refractivity contribution is 0.0593. The zero-order chi connectivity index (χ0) is 14.4. The van der Waals surface area contributed by atoms with E-state index in [1.165, 1.54) is 31.6 Å². The van der Waals surface area contributed by atoms with Crippen molar-refractivity contribution in [2.75, 3.05) is 19.0 Å². The molecule has 2 rings (SSSR count). The number of ether oxygens (including phenoxy) is 1. The lowest BCUT2D eigenvalue weighted by Crippen LogP contribution is -2.10. The summed E-state index contributed by atoms with van der Waals surface area (Å²) in [6, 6.07) is 6.31. The van der Waals surface area contributed by atoms with Crippen LogP contribution in [0.4, 0.5) is 10.2 Å². The zero-order valence-electron chi connectivity index (χ0n) is 11.0. The van der Waals surface area contributed by atoms with Gasteiger partial charge in [-0.1, -0.05) is 12.1 Å². The molecule has 5 nitrogen and oxygen atoms in total. The molecule has 20 heavy (non-hydrogen) atoms. The fraction of sp³-hybridized carbons (Fsp3) is 0.214. The number of rotatable bonds is 5. The molecule has 0 amide bonds. The largest absolute Gasteiger partial charge is 0.464 e. The minimum Gasteiger partial charge on any atom is -0.464 e. The molecule has 0 fully saturated rings. The van der Waals surface area contributed by atoms with Crippen LogP contribution in [0.5, 0.6) is 0 Å². The Balaban J connectivity index is 1.91. The Hall–Kier alpha value is -2.50. The molecule has 6 heteroatoms. The molecule has 2 aromatic rings. The third kappa shape index (κ3) is 3.74. The van der Waals surface area contributed by atoms with Gasteiger partial charge in [0, 0.05) is 6.54 Å². The molecule has 1 heterocycles. The van der Waals surface area contributed by atoms with Crippen LogP contribution in [0, 0.1) is 5.82 Å². The summed E-state index contributed by atoms with van der Waals surface area (Å²) in [6.45, 7) is 0.602. The molecule has 0 saturated heterocycles. The molecular weight excluding hydrogens is 261 g/mol. The van der Waals surface area contributed by atoms with Crippen molar-refractivity contribution >= 4 is 11.8 Å². The summed E-state index contributed by atoms with van der Waals surface area (Å²) in [7, 11) is 1.29. The van der Waals surface area contributed by atoms with Crippen LogP contribution in [-0.2, 0) is 11.2 Å². The topological polar surface area (TPSA) is 64.1 Å². The van der Waals surface area contributed by atoms with Gasteiger partial charge in [-0.25, -0.2) is 14.2 Å². The van der Waals surface area contributed by atoms with Crippen LogP contribution in [0.1, 0.15) is 16.1 Å². The van der Waals surface area contributed by atoms with Gasteiger partial charge in [0.25, 0.3) is 0 Å². The number of hydrogen-bond acceptors (Lipinski definition) is 5. The van der Waals surface area contributed by atoms with Crippen LogP contribution in [0.3, 0.4) is 0 Å². The third-order valence-corrected chi connectivity index (χ3v) is 2.66. The molecule has 0 aliphatic rings. The number of nitrogens with zero attached hydrogens (tertiary/aromatic N) is 2. The average molecular weight is 275 g/mol. The van der Waals surface area contributed by atoms with E-state index in [1.807, 2.05) is 0 Å². The van der Waals surface area contributed by atoms with Crippen LogP contribution in [0.15, 0.2) is 36.7 Å². The number of halogens is 1. The highest BCUT2D eigenvalue weighted by Crippen LogP contribution is 2.06. The maximum Gasteiger partial charge on any atom is 0.358 e. The Morgan fingerprint density at radius 2 is 2.05 bits per heavy atom. The van der Waals surface area contributed by atoms with Crippen molar-refractivity contribution in [2.24, 2.45) is 0 Å². The van der Waals surface area contributed by atoms with E-state index in [0.717, 1.165) is 5.56 Å². The highest BCUT2D eigenvalue weighted by Gasteiger charge is 2.08. The van der Waals surface area contributed by atoms with Crippen LogP contribution >= 0.6 is 0 Å². The van der Waals surface area contributed by atoms with Gasteiger partial charge >= 0.3 is 5.97 Å². The van der Waals surface area contributed by atoms with E-state index >= 15 is 0 Å². The quantitative estimate of drug-likeness (QED) is 0.846. The molecular formula is C14H14FN3O2. The van der Waals surface area contributed by atoms with E-state index in [2.05, 4.69) is 20.0 Å². The van der Waals surface area contributed by atoms with Crippen molar-refractivity contribution in [3.8, 4) is 0 Å². The number of aromatic nitrogens is 2. The van der Waals surface area contributed by atoms with Gasteiger partial charge < -0.3 is 10.1 Å². The van der Waals surface area contributed by atoms with Crippen LogP contribution < -0.4 is 5.32 Å². The van der Waals surface area contributed by atoms with Gasteiger partial charge in [0.2, 0.25) is 0 Å². The number of hydrogen-bond donors (Lipinski definition) is 1. The normalized spacial score (nSPS) is 10.1. The first-order valence-electron chi connectivity index (χ1n) is 6.07. The molecule has 0 unspecified atom stereocenters. The lowest BCUT2D eigenvalue weighted by atomic mass is 10.1. The van der Waals surface area contributed by atoms with E-state index in [0.29, 0.717) is 18.8 Å². The Morgan fingerprint density at radius 1 is 1.30 bits per heavy atom. The van der Waals surface area contributed by atoms with Gasteiger partial charge in [-0.2, -0.15) is 0 Å². The van der Waals surface area contributed by atoms with Crippen LogP contribution in [0.2, 0.25) is 0 Å². The average Bonchev–Trinajstić information content (AvgIpc) is 2.49. The first kappa shape index (κ1) is 13.9. The number of esters is 1. The highest BCUT2D eigenvalue weighted by atomic mass is 19.1. The fourth-order valence-corrected chi connectivity index (χ4v) is 1.64. The fourth-order valence-electron chi connectivity index (χ4n) is 1.64. The number of methoxy groups -OCH3 is 1. The Labute approximate surface area is 115 Å². The summed E-state index contributed by atoms with van der Waals surface area (Å²) < 4.78 is 17.3. The molecule has 0 aliphatic carbocycles. The van der Waals surface area contributed by atoms with Gasteiger partial charge in [0.05, 0.1) is 19.5 Å². The van der Waals surface area contributed by atoms with E-state index in [9.17, 15) is 9.18 Å². The van der Waals surface area contributed by atoms with Crippen molar-refractivity contribution in [3.05, 3.63) is 53.7 Å². The number of carbonyl (C=O) groups is 1. The second kappa shape index (κ2) is 6.60. The van der Waals surface area contributed by atoms with Crippen molar-refractivity contribution < 1.29 is 13.9 Å². The standard InChI is InChI=1S/C14H14FN3O2/c1-20-14(19)12-8-16-9-13(18-12)17-7-6-10-2-4-11(15)5-3-10/h2-5,8-9H,6-7H2,1H3,(H,17,18). The van der Waals surface area contributed by atoms with E-state index < -0.39 is 5.97 Å². The zero-order valence-corrected chi connectivity index (χ0v) is 11.0. The molecule has 0 saturated carbocycles. The van der Waals surface area contributed by atoms with Gasteiger partial charge in [-0.05, 0) is 24.1 Å². The maximum atomic E-state index is 12.7. The summed E-state index contributed by atoms with van der Waals surface area (Å²) in [5.74, 6) is -0.284. The SMILES string of the molecule is COC(=O)c1cncc(NCCc2ccc(F)cc2)n1. The molecule has 0 spiro atoms. The Kier molecular flexibility index (Phi) is 4.60. The summed E-state index contributed by atoms with van der Waals surface area (Å²) >= 11 is 0. The Morgan fingerprint density at radius 3 is 2.75 bits per heavy atom. The van der Waals surface area contributed by atoms with E-state index in [1.54, 1.807) is 12.1 Å². The second-order valence-corrected chi connectivity index (χ2v) is 4.08. The predicted octanol–water partition coefficient (Wildman–Crippen LogP) is 2.06. The number of nitrogens with one attached hydrogen (secondary N) is 1. The minimum absolute atomic E-state index is 0.152. The summed E-state index contributed by atoms with van der Waals surface area (Å²) in [5.41, 5.74) is 1.16. The molecule has 104 valence electrons. The minimum atomic E-state index is -0.528. The van der Waals surface area contributed by atoms with Crippen molar-refractivity contribution in [2.45, 2.75) is 6.42 Å². The lowest BCUT2D eigenvalue weighted by Gasteiger charge is -2.06. The molecule has 1 aromatic heterocycles. The van der Waals surface area contributed by atoms with Crippen LogP contribution in [-0.4, -0.2) is 29.6 Å². The molecule has 0 bridgehead atoms. The second-order valence-electron chi connectivity index (χ2n) is 4.08. The van der Waals surface area contributed by atoms with E-state index in [-0.39, 0.29) is 11.5 Å². The predicted molar refractivity (Wildman–Crippen MR) is 72.0 cm³/mol. The number of carbonyl (C=O) groups excluding carboxylic acids is 1. The summed E-state index contributed by atoms with van der Waals surface area (Å²) in [4.78, 5) is 19.3. The highest BCUT2D eigenvalue weighted by molar-refractivity contribution is 5.87. The van der Waals surface area contributed by atoms with Gasteiger partial charge in [0.15, 0.2) is 5.69 Å². The molecule has 0 atom stereocenters. The molecule has 0 aliphatic heterocycles. The summed E-state index contributed by atoms with van der Waals surface area (Å²) in [6.07, 6.45) is 3.58. The van der Waals surface area contributed by atoms with Crippen molar-refractivity contribution in [1.82, 2.24) is 9.97 Å².